The first kappa shape index (κ1) is 13.9. The topological polar surface area (TPSA) is 56.0 Å². The molecule has 0 spiro atoms. The number of benzene rings is 2. The van der Waals surface area contributed by atoms with Gasteiger partial charge in [-0.05, 0) is 42.7 Å². The van der Waals surface area contributed by atoms with Gasteiger partial charge in [-0.25, -0.2) is 4.39 Å². The lowest BCUT2D eigenvalue weighted by molar-refractivity contribution is 0.466. The van der Waals surface area contributed by atoms with Crippen LogP contribution in [0.3, 0.4) is 0 Å². The Hall–Kier alpha value is -2.54. The Morgan fingerprint density at radius 3 is 2.50 bits per heavy atom. The summed E-state index contributed by atoms with van der Waals surface area (Å²) in [5.41, 5.74) is 3.03. The number of nitriles is 1. The van der Waals surface area contributed by atoms with E-state index in [2.05, 4.69) is 5.32 Å². The molecule has 4 heteroatoms. The van der Waals surface area contributed by atoms with Crippen molar-refractivity contribution in [2.75, 3.05) is 5.32 Å². The van der Waals surface area contributed by atoms with Crippen molar-refractivity contribution in [3.63, 3.8) is 0 Å². The van der Waals surface area contributed by atoms with Gasteiger partial charge in [0, 0.05) is 6.54 Å². The summed E-state index contributed by atoms with van der Waals surface area (Å²) in [4.78, 5) is 0. The molecule has 0 aliphatic rings. The van der Waals surface area contributed by atoms with Crippen LogP contribution in [0.2, 0.25) is 0 Å². The van der Waals surface area contributed by atoms with Crippen LogP contribution >= 0.6 is 0 Å². The summed E-state index contributed by atoms with van der Waals surface area (Å²) in [7, 11) is 0. The van der Waals surface area contributed by atoms with Crippen molar-refractivity contribution in [3.8, 4) is 11.8 Å². The van der Waals surface area contributed by atoms with Crippen LogP contribution in [-0.4, -0.2) is 5.11 Å². The van der Waals surface area contributed by atoms with Gasteiger partial charge in [0.05, 0.1) is 5.69 Å². The van der Waals surface area contributed by atoms with E-state index in [0.29, 0.717) is 12.2 Å². The van der Waals surface area contributed by atoms with Crippen LogP contribution in [0.15, 0.2) is 30.3 Å². The van der Waals surface area contributed by atoms with E-state index in [9.17, 15) is 9.50 Å². The molecular formula is C16H15FN2O. The van der Waals surface area contributed by atoms with E-state index in [-0.39, 0.29) is 11.3 Å². The summed E-state index contributed by atoms with van der Waals surface area (Å²) in [6.07, 6.45) is 0. The molecule has 0 bridgehead atoms. The summed E-state index contributed by atoms with van der Waals surface area (Å²) in [6.45, 7) is 4.11. The molecule has 2 aromatic carbocycles. The van der Waals surface area contributed by atoms with Crippen LogP contribution in [0.1, 0.15) is 22.3 Å². The molecule has 0 atom stereocenters. The predicted octanol–water partition coefficient (Wildman–Crippen LogP) is 3.63. The Morgan fingerprint density at radius 1 is 1.25 bits per heavy atom. The Bertz CT molecular complexity index is 666. The van der Waals surface area contributed by atoms with E-state index in [1.807, 2.05) is 32.0 Å². The average molecular weight is 270 g/mol. The van der Waals surface area contributed by atoms with Gasteiger partial charge < -0.3 is 10.4 Å². The second-order valence-electron chi connectivity index (χ2n) is 4.71. The second-order valence-corrected chi connectivity index (χ2v) is 4.71. The second kappa shape index (κ2) is 5.62. The van der Waals surface area contributed by atoms with Crippen LogP contribution in [0.4, 0.5) is 10.1 Å². The molecule has 2 rings (SSSR count). The van der Waals surface area contributed by atoms with E-state index >= 15 is 0 Å². The lowest BCUT2D eigenvalue weighted by Crippen LogP contribution is -2.03. The van der Waals surface area contributed by atoms with Gasteiger partial charge >= 0.3 is 0 Å². The minimum Gasteiger partial charge on any atom is -0.507 e. The first-order valence-corrected chi connectivity index (χ1v) is 6.24. The predicted molar refractivity (Wildman–Crippen MR) is 76.0 cm³/mol. The minimum atomic E-state index is -0.532. The molecule has 102 valence electrons. The van der Waals surface area contributed by atoms with Crippen molar-refractivity contribution >= 4 is 5.69 Å². The largest absolute Gasteiger partial charge is 0.507 e. The summed E-state index contributed by atoms with van der Waals surface area (Å²) in [6, 6.07) is 10.1. The highest BCUT2D eigenvalue weighted by atomic mass is 19.1. The van der Waals surface area contributed by atoms with Gasteiger partial charge in [0.1, 0.15) is 23.2 Å². The quantitative estimate of drug-likeness (QED) is 0.895. The highest BCUT2D eigenvalue weighted by molar-refractivity contribution is 5.58. The molecule has 0 heterocycles. The number of anilines is 1. The van der Waals surface area contributed by atoms with Crippen molar-refractivity contribution in [3.05, 3.63) is 58.4 Å². The standard InChI is InChI=1S/C16H15FN2O/c1-10-6-12(7-11(2)16(10)20)9-19-15-5-3-4-14(17)13(15)8-18/h3-7,19-20H,9H2,1-2H3. The number of phenols is 1. The van der Waals surface area contributed by atoms with Crippen molar-refractivity contribution < 1.29 is 9.50 Å². The molecule has 2 aromatic rings. The maximum Gasteiger partial charge on any atom is 0.143 e. The smallest absolute Gasteiger partial charge is 0.143 e. The minimum absolute atomic E-state index is 0.0136. The van der Waals surface area contributed by atoms with Gasteiger partial charge in [0.25, 0.3) is 0 Å². The van der Waals surface area contributed by atoms with Gasteiger partial charge in [-0.1, -0.05) is 18.2 Å². The maximum absolute atomic E-state index is 13.5. The lowest BCUT2D eigenvalue weighted by atomic mass is 10.1. The van der Waals surface area contributed by atoms with Crippen LogP contribution in [0.25, 0.3) is 0 Å². The summed E-state index contributed by atoms with van der Waals surface area (Å²) < 4.78 is 13.5. The van der Waals surface area contributed by atoms with Gasteiger partial charge in [0.2, 0.25) is 0 Å². The zero-order chi connectivity index (χ0) is 14.7. The SMILES string of the molecule is Cc1cc(CNc2cccc(F)c2C#N)cc(C)c1O. The number of nitrogens with zero attached hydrogens (tertiary/aromatic N) is 1. The molecule has 2 N–H and O–H groups in total. The third-order valence-corrected chi connectivity index (χ3v) is 3.16. The molecule has 3 nitrogen and oxygen atoms in total. The summed E-state index contributed by atoms with van der Waals surface area (Å²) in [5, 5.41) is 21.7. The molecule has 0 saturated carbocycles. The molecule has 0 radical (unpaired) electrons. The Labute approximate surface area is 117 Å². The number of nitrogens with one attached hydrogen (secondary N) is 1. The molecule has 0 saturated heterocycles. The first-order valence-electron chi connectivity index (χ1n) is 6.24. The van der Waals surface area contributed by atoms with E-state index < -0.39 is 5.82 Å². The van der Waals surface area contributed by atoms with Crippen LogP contribution < -0.4 is 5.32 Å². The zero-order valence-corrected chi connectivity index (χ0v) is 11.4. The highest BCUT2D eigenvalue weighted by Gasteiger charge is 2.08. The van der Waals surface area contributed by atoms with E-state index in [0.717, 1.165) is 16.7 Å². The molecule has 0 aliphatic carbocycles. The highest BCUT2D eigenvalue weighted by Crippen LogP contribution is 2.24. The normalized spacial score (nSPS) is 10.1. The van der Waals surface area contributed by atoms with Crippen molar-refractivity contribution in [1.29, 1.82) is 5.26 Å². The lowest BCUT2D eigenvalue weighted by Gasteiger charge is -2.11. The first-order chi connectivity index (χ1) is 9.52. The fourth-order valence-electron chi connectivity index (χ4n) is 2.13. The molecule has 20 heavy (non-hydrogen) atoms. The summed E-state index contributed by atoms with van der Waals surface area (Å²) in [5.74, 6) is -0.243. The van der Waals surface area contributed by atoms with Crippen molar-refractivity contribution in [2.24, 2.45) is 0 Å². The fourth-order valence-corrected chi connectivity index (χ4v) is 2.13. The van der Waals surface area contributed by atoms with Crippen molar-refractivity contribution in [1.82, 2.24) is 0 Å². The van der Waals surface area contributed by atoms with Gasteiger partial charge in [-0.15, -0.1) is 0 Å². The van der Waals surface area contributed by atoms with Crippen molar-refractivity contribution in [2.45, 2.75) is 20.4 Å². The number of hydrogen-bond donors (Lipinski definition) is 2. The Balaban J connectivity index is 2.22. The van der Waals surface area contributed by atoms with E-state index in [4.69, 9.17) is 5.26 Å². The monoisotopic (exact) mass is 270 g/mol. The number of rotatable bonds is 3. The molecule has 0 aliphatic heterocycles. The Kier molecular flexibility index (Phi) is 3.90. The zero-order valence-electron chi connectivity index (χ0n) is 11.4. The van der Waals surface area contributed by atoms with Crippen LogP contribution in [0, 0.1) is 31.0 Å². The molecule has 0 aromatic heterocycles. The molecule has 0 fully saturated rings. The van der Waals surface area contributed by atoms with Gasteiger partial charge in [0.15, 0.2) is 0 Å². The fraction of sp³-hybridized carbons (Fsp3) is 0.188. The Morgan fingerprint density at radius 2 is 1.90 bits per heavy atom. The van der Waals surface area contributed by atoms with Crippen LogP contribution in [-0.2, 0) is 6.54 Å². The van der Waals surface area contributed by atoms with Gasteiger partial charge in [-0.2, -0.15) is 5.26 Å². The third kappa shape index (κ3) is 2.72. The number of hydrogen-bond acceptors (Lipinski definition) is 3. The third-order valence-electron chi connectivity index (χ3n) is 3.16. The molecule has 0 amide bonds. The number of halogens is 1. The molecular weight excluding hydrogens is 255 g/mol. The average Bonchev–Trinajstić information content (AvgIpc) is 2.42. The number of aryl methyl sites for hydroxylation is 2. The number of aromatic hydroxyl groups is 1. The number of phenolic OH excluding ortho intramolecular Hbond substituents is 1. The van der Waals surface area contributed by atoms with E-state index in [1.54, 1.807) is 12.1 Å². The molecule has 0 unspecified atom stereocenters. The van der Waals surface area contributed by atoms with Crippen LogP contribution in [0.5, 0.6) is 5.75 Å². The summed E-state index contributed by atoms with van der Waals surface area (Å²) >= 11 is 0. The maximum atomic E-state index is 13.5. The van der Waals surface area contributed by atoms with E-state index in [1.165, 1.54) is 6.07 Å². The van der Waals surface area contributed by atoms with Gasteiger partial charge in [-0.3, -0.25) is 0 Å².